The topological polar surface area (TPSA) is 77.0 Å². The molecule has 146 valence electrons. The van der Waals surface area contributed by atoms with E-state index in [-0.39, 0.29) is 41.9 Å². The van der Waals surface area contributed by atoms with Crippen LogP contribution in [0.1, 0.15) is 35.7 Å². The number of benzene rings is 1. The summed E-state index contributed by atoms with van der Waals surface area (Å²) in [5, 5.41) is 16.0. The molecule has 0 saturated heterocycles. The molecule has 3 N–H and O–H groups in total. The lowest BCUT2D eigenvalue weighted by Crippen LogP contribution is -2.39. The predicted octanol–water partition coefficient (Wildman–Crippen LogP) is 1.88. The van der Waals surface area contributed by atoms with Crippen LogP contribution in [0.3, 0.4) is 0 Å². The van der Waals surface area contributed by atoms with Crippen LogP contribution in [0.25, 0.3) is 0 Å². The molecule has 1 aromatic carbocycles. The van der Waals surface area contributed by atoms with Gasteiger partial charge in [0.1, 0.15) is 0 Å². The highest BCUT2D eigenvalue weighted by atomic mass is 127. The van der Waals surface area contributed by atoms with Crippen LogP contribution in [0, 0.1) is 5.41 Å². The molecule has 1 fully saturated rings. The lowest BCUT2D eigenvalue weighted by Gasteiger charge is -2.14. The van der Waals surface area contributed by atoms with Crippen molar-refractivity contribution in [3.63, 3.8) is 0 Å². The zero-order valence-electron chi connectivity index (χ0n) is 15.9. The number of aliphatic hydroxyl groups excluding tert-OH is 1. The SMILES string of the molecule is CCNC(=NCC1(CO)CC1)NCCc1cccc(C(=O)N(C)C)c1.I. The Morgan fingerprint density at radius 3 is 2.62 bits per heavy atom. The monoisotopic (exact) mass is 474 g/mol. The maximum Gasteiger partial charge on any atom is 0.253 e. The van der Waals surface area contributed by atoms with Gasteiger partial charge in [0.15, 0.2) is 5.96 Å². The maximum absolute atomic E-state index is 12.0. The molecular formula is C19H31IN4O2. The fourth-order valence-corrected chi connectivity index (χ4v) is 2.57. The molecule has 1 aliphatic rings. The second-order valence-electron chi connectivity index (χ2n) is 6.93. The van der Waals surface area contributed by atoms with Gasteiger partial charge >= 0.3 is 0 Å². The van der Waals surface area contributed by atoms with Crippen LogP contribution in [0.4, 0.5) is 0 Å². The average Bonchev–Trinajstić information content (AvgIpc) is 3.40. The van der Waals surface area contributed by atoms with E-state index >= 15 is 0 Å². The highest BCUT2D eigenvalue weighted by Gasteiger charge is 2.41. The maximum atomic E-state index is 12.0. The minimum absolute atomic E-state index is 0. The first-order valence-electron chi connectivity index (χ1n) is 8.93. The van der Waals surface area contributed by atoms with Gasteiger partial charge in [0.2, 0.25) is 0 Å². The van der Waals surface area contributed by atoms with Crippen molar-refractivity contribution in [1.29, 1.82) is 0 Å². The fraction of sp³-hybridized carbons (Fsp3) is 0.579. The molecule has 0 aliphatic heterocycles. The number of hydrogen-bond acceptors (Lipinski definition) is 3. The summed E-state index contributed by atoms with van der Waals surface area (Å²) in [6.07, 6.45) is 2.92. The Hall–Kier alpha value is -1.35. The van der Waals surface area contributed by atoms with Crippen molar-refractivity contribution in [2.75, 3.05) is 40.3 Å². The largest absolute Gasteiger partial charge is 0.396 e. The molecule has 1 saturated carbocycles. The number of nitrogens with one attached hydrogen (secondary N) is 2. The van der Waals surface area contributed by atoms with Crippen molar-refractivity contribution in [2.24, 2.45) is 10.4 Å². The molecule has 7 heteroatoms. The third kappa shape index (κ3) is 6.75. The Morgan fingerprint density at radius 2 is 2.04 bits per heavy atom. The zero-order chi connectivity index (χ0) is 18.3. The summed E-state index contributed by atoms with van der Waals surface area (Å²) in [6.45, 7) is 4.43. The van der Waals surface area contributed by atoms with E-state index < -0.39 is 0 Å². The Labute approximate surface area is 173 Å². The van der Waals surface area contributed by atoms with E-state index in [2.05, 4.69) is 15.6 Å². The van der Waals surface area contributed by atoms with Gasteiger partial charge in [0, 0.05) is 38.2 Å². The van der Waals surface area contributed by atoms with E-state index in [1.54, 1.807) is 19.0 Å². The van der Waals surface area contributed by atoms with E-state index in [1.807, 2.05) is 31.2 Å². The summed E-state index contributed by atoms with van der Waals surface area (Å²) in [4.78, 5) is 18.2. The second-order valence-corrected chi connectivity index (χ2v) is 6.93. The number of nitrogens with zero attached hydrogens (tertiary/aromatic N) is 2. The number of guanidine groups is 1. The number of aliphatic hydroxyl groups is 1. The van der Waals surface area contributed by atoms with Crippen molar-refractivity contribution >= 4 is 35.8 Å². The molecule has 0 spiro atoms. The van der Waals surface area contributed by atoms with Gasteiger partial charge in [0.05, 0.1) is 13.2 Å². The van der Waals surface area contributed by atoms with Crippen LogP contribution >= 0.6 is 24.0 Å². The number of carbonyl (C=O) groups is 1. The second kappa shape index (κ2) is 10.7. The Kier molecular flexibility index (Phi) is 9.35. The van der Waals surface area contributed by atoms with Crippen LogP contribution in [0.15, 0.2) is 29.3 Å². The molecule has 6 nitrogen and oxygen atoms in total. The van der Waals surface area contributed by atoms with E-state index in [4.69, 9.17) is 0 Å². The molecule has 0 radical (unpaired) electrons. The van der Waals surface area contributed by atoms with Gasteiger partial charge in [0.25, 0.3) is 5.91 Å². The molecule has 0 aromatic heterocycles. The Bertz CT molecular complexity index is 615. The van der Waals surface area contributed by atoms with Gasteiger partial charge in [-0.15, -0.1) is 24.0 Å². The van der Waals surface area contributed by atoms with Crippen LogP contribution in [0.5, 0.6) is 0 Å². The van der Waals surface area contributed by atoms with Crippen molar-refractivity contribution in [1.82, 2.24) is 15.5 Å². The molecule has 1 aromatic rings. The molecule has 0 unspecified atom stereocenters. The minimum Gasteiger partial charge on any atom is -0.396 e. The third-order valence-corrected chi connectivity index (χ3v) is 4.50. The lowest BCUT2D eigenvalue weighted by atomic mass is 10.1. The molecule has 0 bridgehead atoms. The predicted molar refractivity (Wildman–Crippen MR) is 116 cm³/mol. The van der Waals surface area contributed by atoms with E-state index in [1.165, 1.54) is 0 Å². The van der Waals surface area contributed by atoms with Gasteiger partial charge in [-0.2, -0.15) is 0 Å². The van der Waals surface area contributed by atoms with Gasteiger partial charge in [-0.1, -0.05) is 12.1 Å². The fourth-order valence-electron chi connectivity index (χ4n) is 2.57. The number of carbonyl (C=O) groups excluding carboxylic acids is 1. The van der Waals surface area contributed by atoms with Gasteiger partial charge in [-0.25, -0.2) is 0 Å². The van der Waals surface area contributed by atoms with Gasteiger partial charge < -0.3 is 20.6 Å². The van der Waals surface area contributed by atoms with Crippen molar-refractivity contribution in [3.8, 4) is 0 Å². The summed E-state index contributed by atoms with van der Waals surface area (Å²) < 4.78 is 0. The van der Waals surface area contributed by atoms with E-state index in [9.17, 15) is 9.90 Å². The molecule has 0 atom stereocenters. The summed E-state index contributed by atoms with van der Waals surface area (Å²) >= 11 is 0. The van der Waals surface area contributed by atoms with Crippen molar-refractivity contribution < 1.29 is 9.90 Å². The number of halogens is 1. The highest BCUT2D eigenvalue weighted by molar-refractivity contribution is 14.0. The Morgan fingerprint density at radius 1 is 1.31 bits per heavy atom. The summed E-state index contributed by atoms with van der Waals surface area (Å²) in [6, 6.07) is 7.74. The smallest absolute Gasteiger partial charge is 0.253 e. The zero-order valence-corrected chi connectivity index (χ0v) is 18.2. The standard InChI is InChI=1S/C19H30N4O2.HI/c1-4-20-18(22-13-19(14-24)9-10-19)21-11-8-15-6-5-7-16(12-15)17(25)23(2)3;/h5-7,12,24H,4,8-11,13-14H2,1-3H3,(H2,20,21,22);1H. The summed E-state index contributed by atoms with van der Waals surface area (Å²) in [5.74, 6) is 0.797. The lowest BCUT2D eigenvalue weighted by molar-refractivity contribution is 0.0827. The first-order valence-corrected chi connectivity index (χ1v) is 8.93. The quantitative estimate of drug-likeness (QED) is 0.306. The third-order valence-electron chi connectivity index (χ3n) is 4.50. The molecule has 26 heavy (non-hydrogen) atoms. The number of hydrogen-bond donors (Lipinski definition) is 3. The van der Waals surface area contributed by atoms with Crippen molar-refractivity contribution in [2.45, 2.75) is 26.2 Å². The van der Waals surface area contributed by atoms with Crippen LogP contribution in [0.2, 0.25) is 0 Å². The van der Waals surface area contributed by atoms with Crippen LogP contribution < -0.4 is 10.6 Å². The minimum atomic E-state index is 0. The normalized spacial score (nSPS) is 15.0. The first-order chi connectivity index (χ1) is 12.0. The van der Waals surface area contributed by atoms with E-state index in [0.29, 0.717) is 12.1 Å². The summed E-state index contributed by atoms with van der Waals surface area (Å²) in [5.41, 5.74) is 1.84. The molecule has 1 aliphatic carbocycles. The van der Waals surface area contributed by atoms with Gasteiger partial charge in [-0.05, 0) is 43.9 Å². The summed E-state index contributed by atoms with van der Waals surface area (Å²) in [7, 11) is 3.52. The molecule has 2 rings (SSSR count). The average molecular weight is 474 g/mol. The van der Waals surface area contributed by atoms with Crippen LogP contribution in [-0.2, 0) is 6.42 Å². The molecule has 1 amide bonds. The molecule has 0 heterocycles. The van der Waals surface area contributed by atoms with Crippen LogP contribution in [-0.4, -0.2) is 62.2 Å². The van der Waals surface area contributed by atoms with Crippen molar-refractivity contribution in [3.05, 3.63) is 35.4 Å². The number of aliphatic imine (C=N–C) groups is 1. The van der Waals surface area contributed by atoms with Gasteiger partial charge in [-0.3, -0.25) is 9.79 Å². The molecular weight excluding hydrogens is 443 g/mol. The highest BCUT2D eigenvalue weighted by Crippen LogP contribution is 2.45. The van der Waals surface area contributed by atoms with E-state index in [0.717, 1.165) is 43.9 Å². The number of amides is 1. The first kappa shape index (κ1) is 22.7. The number of rotatable bonds is 8. The Balaban J connectivity index is 0.00000338.